The zero-order chi connectivity index (χ0) is 22.1. The molecule has 0 unspecified atom stereocenters. The third-order valence-electron chi connectivity index (χ3n) is 4.77. The molecule has 30 heavy (non-hydrogen) atoms. The minimum absolute atomic E-state index is 0.0127. The highest BCUT2D eigenvalue weighted by molar-refractivity contribution is 5.92. The third-order valence-corrected chi connectivity index (χ3v) is 4.77. The van der Waals surface area contributed by atoms with E-state index >= 15 is 0 Å². The van der Waals surface area contributed by atoms with Crippen LogP contribution in [0.25, 0.3) is 11.1 Å². The quantitative estimate of drug-likeness (QED) is 0.278. The molecule has 0 aliphatic rings. The van der Waals surface area contributed by atoms with Crippen LogP contribution in [0.4, 0.5) is 13.2 Å². The zero-order valence-electron chi connectivity index (χ0n) is 17.7. The molecule has 2 aromatic rings. The van der Waals surface area contributed by atoms with Gasteiger partial charge in [-0.15, -0.1) is 0 Å². The summed E-state index contributed by atoms with van der Waals surface area (Å²) in [4.78, 5) is 2.27. The first-order valence-electron chi connectivity index (χ1n) is 10.1. The number of rotatable bonds is 9. The van der Waals surface area contributed by atoms with E-state index in [1.54, 1.807) is 30.3 Å². The van der Waals surface area contributed by atoms with Gasteiger partial charge < -0.3 is 9.64 Å². The van der Waals surface area contributed by atoms with Gasteiger partial charge >= 0.3 is 6.18 Å². The van der Waals surface area contributed by atoms with E-state index in [9.17, 15) is 13.2 Å². The molecule has 3 nitrogen and oxygen atoms in total. The minimum atomic E-state index is -4.37. The van der Waals surface area contributed by atoms with Gasteiger partial charge in [-0.1, -0.05) is 37.6 Å². The fourth-order valence-corrected chi connectivity index (χ4v) is 2.98. The lowest BCUT2D eigenvalue weighted by atomic mass is 10.0. The van der Waals surface area contributed by atoms with Gasteiger partial charge in [-0.25, -0.2) is 0 Å². The van der Waals surface area contributed by atoms with Crippen molar-refractivity contribution in [1.82, 2.24) is 4.90 Å². The molecule has 0 amide bonds. The van der Waals surface area contributed by atoms with Gasteiger partial charge in [-0.05, 0) is 74.8 Å². The van der Waals surface area contributed by atoms with Crippen LogP contribution in [0, 0.1) is 5.41 Å². The van der Waals surface area contributed by atoms with Crippen LogP contribution in [0.1, 0.15) is 44.2 Å². The molecular formula is C24H29F3N2O. The molecule has 0 aliphatic carbocycles. The summed E-state index contributed by atoms with van der Waals surface area (Å²) in [6.07, 6.45) is 0.783. The number of nitrogens with zero attached hydrogens (tertiary/aromatic N) is 1. The number of allylic oxidation sites excluding steroid dienone is 1. The minimum Gasteiger partial charge on any atom is -0.444 e. The molecule has 0 aromatic heterocycles. The first kappa shape index (κ1) is 23.7. The first-order chi connectivity index (χ1) is 14.2. The number of hydrogen-bond donors (Lipinski definition) is 1. The second-order valence-electron chi connectivity index (χ2n) is 7.35. The molecule has 0 bridgehead atoms. The number of halogens is 3. The predicted molar refractivity (Wildman–Crippen MR) is 116 cm³/mol. The van der Waals surface area contributed by atoms with E-state index in [4.69, 9.17) is 10.1 Å². The molecule has 0 fully saturated rings. The molecule has 0 saturated heterocycles. The summed E-state index contributed by atoms with van der Waals surface area (Å²) in [6, 6.07) is 12.0. The van der Waals surface area contributed by atoms with Crippen LogP contribution in [0.3, 0.4) is 0 Å². The molecule has 2 aromatic carbocycles. The van der Waals surface area contributed by atoms with E-state index < -0.39 is 11.7 Å². The molecule has 6 heteroatoms. The van der Waals surface area contributed by atoms with Crippen molar-refractivity contribution >= 4 is 5.90 Å². The highest BCUT2D eigenvalue weighted by atomic mass is 19.4. The Kier molecular flexibility index (Phi) is 8.66. The second kappa shape index (κ2) is 11.0. The molecule has 2 rings (SSSR count). The average Bonchev–Trinajstić information content (AvgIpc) is 2.71. The van der Waals surface area contributed by atoms with Crippen LogP contribution < -0.4 is 0 Å². The van der Waals surface area contributed by atoms with Crippen LogP contribution in [0.2, 0.25) is 0 Å². The van der Waals surface area contributed by atoms with E-state index in [2.05, 4.69) is 18.9 Å². The molecule has 0 heterocycles. The van der Waals surface area contributed by atoms with Crippen molar-refractivity contribution in [2.45, 2.75) is 39.3 Å². The number of alkyl halides is 3. The summed E-state index contributed by atoms with van der Waals surface area (Å²) >= 11 is 0. The van der Waals surface area contributed by atoms with Crippen molar-refractivity contribution < 1.29 is 17.9 Å². The summed E-state index contributed by atoms with van der Waals surface area (Å²) in [5.41, 5.74) is 1.02. The highest BCUT2D eigenvalue weighted by Gasteiger charge is 2.30. The normalized spacial score (nSPS) is 12.3. The summed E-state index contributed by atoms with van der Waals surface area (Å²) in [5.74, 6) is 0.671. The van der Waals surface area contributed by atoms with Gasteiger partial charge in [0.2, 0.25) is 5.90 Å². The van der Waals surface area contributed by atoms with Crippen LogP contribution in [-0.2, 0) is 10.9 Å². The Labute approximate surface area is 176 Å². The number of benzene rings is 2. The Balaban J connectivity index is 1.96. The molecule has 0 radical (unpaired) electrons. The van der Waals surface area contributed by atoms with Crippen LogP contribution in [-0.4, -0.2) is 30.9 Å². The maximum Gasteiger partial charge on any atom is 0.416 e. The molecular weight excluding hydrogens is 389 g/mol. The van der Waals surface area contributed by atoms with Gasteiger partial charge in [-0.3, -0.25) is 5.41 Å². The molecule has 0 spiro atoms. The lowest BCUT2D eigenvalue weighted by molar-refractivity contribution is -0.137. The maximum absolute atomic E-state index is 12.9. The Hall–Kier alpha value is -2.60. The lowest BCUT2D eigenvalue weighted by Crippen LogP contribution is -2.20. The van der Waals surface area contributed by atoms with Gasteiger partial charge in [0, 0.05) is 12.1 Å². The lowest BCUT2D eigenvalue weighted by Gasteiger charge is -2.15. The molecule has 0 saturated carbocycles. The number of nitrogens with one attached hydrogen (secondary N) is 1. The average molecular weight is 419 g/mol. The van der Waals surface area contributed by atoms with E-state index in [1.807, 2.05) is 13.0 Å². The van der Waals surface area contributed by atoms with E-state index in [0.717, 1.165) is 31.6 Å². The standard InChI is InChI=1S/C24H29F3N2O/c1-4-5-15-29(3)16-7-8-18(2)30-23(28)20-13-11-19(12-14-20)21-9-6-10-22(17-21)24(25,26)27/h6,8-14,17,28H,4-5,7,15-16H2,1-3H3/b18-8+,28-23?. The topological polar surface area (TPSA) is 36.3 Å². The van der Waals surface area contributed by atoms with Crippen molar-refractivity contribution in [1.29, 1.82) is 5.41 Å². The Bertz CT molecular complexity index is 857. The fourth-order valence-electron chi connectivity index (χ4n) is 2.98. The van der Waals surface area contributed by atoms with E-state index in [-0.39, 0.29) is 5.90 Å². The third kappa shape index (κ3) is 7.34. The zero-order valence-corrected chi connectivity index (χ0v) is 17.7. The highest BCUT2D eigenvalue weighted by Crippen LogP contribution is 2.32. The van der Waals surface area contributed by atoms with Gasteiger partial charge in [0.05, 0.1) is 11.3 Å². The largest absolute Gasteiger partial charge is 0.444 e. The van der Waals surface area contributed by atoms with Crippen molar-refractivity contribution in [3.63, 3.8) is 0 Å². The van der Waals surface area contributed by atoms with Gasteiger partial charge in [0.25, 0.3) is 0 Å². The Morgan fingerprint density at radius 1 is 1.07 bits per heavy atom. The molecule has 1 N–H and O–H groups in total. The predicted octanol–water partition coefficient (Wildman–Crippen LogP) is 6.74. The van der Waals surface area contributed by atoms with Crippen molar-refractivity contribution in [3.8, 4) is 11.1 Å². The summed E-state index contributed by atoms with van der Waals surface area (Å²) in [6.45, 7) is 5.99. The summed E-state index contributed by atoms with van der Waals surface area (Å²) in [5, 5.41) is 8.14. The number of unbranched alkanes of at least 4 members (excludes halogenated alkanes) is 1. The van der Waals surface area contributed by atoms with Crippen molar-refractivity contribution in [2.24, 2.45) is 0 Å². The number of ether oxygens (including phenoxy) is 1. The molecule has 162 valence electrons. The number of hydrogen-bond acceptors (Lipinski definition) is 3. The van der Waals surface area contributed by atoms with Crippen molar-refractivity contribution in [2.75, 3.05) is 20.1 Å². The molecule has 0 aliphatic heterocycles. The van der Waals surface area contributed by atoms with Crippen LogP contribution in [0.5, 0.6) is 0 Å². The monoisotopic (exact) mass is 418 g/mol. The Morgan fingerprint density at radius 2 is 1.77 bits per heavy atom. The second-order valence-corrected chi connectivity index (χ2v) is 7.35. The summed E-state index contributed by atoms with van der Waals surface area (Å²) < 4.78 is 44.3. The van der Waals surface area contributed by atoms with E-state index in [0.29, 0.717) is 22.4 Å². The molecule has 0 atom stereocenters. The SMILES string of the molecule is CCCCN(C)CC/C=C(\C)OC(=N)c1ccc(-c2cccc(C(F)(F)F)c2)cc1. The van der Waals surface area contributed by atoms with Gasteiger partial charge in [0.1, 0.15) is 0 Å². The summed E-state index contributed by atoms with van der Waals surface area (Å²) in [7, 11) is 2.09. The smallest absolute Gasteiger partial charge is 0.416 e. The van der Waals surface area contributed by atoms with E-state index in [1.165, 1.54) is 18.9 Å². The fraction of sp³-hybridized carbons (Fsp3) is 0.375. The van der Waals surface area contributed by atoms with Crippen LogP contribution >= 0.6 is 0 Å². The Morgan fingerprint density at radius 3 is 2.40 bits per heavy atom. The van der Waals surface area contributed by atoms with Crippen LogP contribution in [0.15, 0.2) is 60.4 Å². The van der Waals surface area contributed by atoms with Crippen molar-refractivity contribution in [3.05, 3.63) is 71.5 Å². The van der Waals surface area contributed by atoms with Gasteiger partial charge in [0.15, 0.2) is 0 Å². The van der Waals surface area contributed by atoms with Gasteiger partial charge in [-0.2, -0.15) is 13.2 Å². The maximum atomic E-state index is 12.9. The first-order valence-corrected chi connectivity index (χ1v) is 10.1.